The molecule has 0 aromatic carbocycles. The van der Waals surface area contributed by atoms with Crippen LogP contribution in [-0.2, 0) is 0 Å². The van der Waals surface area contributed by atoms with Crippen molar-refractivity contribution < 1.29 is 5.11 Å². The van der Waals surface area contributed by atoms with Gasteiger partial charge < -0.3 is 5.11 Å². The van der Waals surface area contributed by atoms with Crippen molar-refractivity contribution in [2.45, 2.75) is 38.8 Å². The molecule has 1 aliphatic heterocycles. The predicted octanol–water partition coefficient (Wildman–Crippen LogP) is 1.83. The summed E-state index contributed by atoms with van der Waals surface area (Å²) < 4.78 is 0. The van der Waals surface area contributed by atoms with Gasteiger partial charge >= 0.3 is 0 Å². The SMILES string of the molecule is C/C=C/CCCCC1N=CCN1CCO. The van der Waals surface area contributed by atoms with Crippen LogP contribution in [0.15, 0.2) is 17.1 Å². The van der Waals surface area contributed by atoms with E-state index in [-0.39, 0.29) is 6.61 Å². The van der Waals surface area contributed by atoms with Crippen LogP contribution in [0, 0.1) is 0 Å². The van der Waals surface area contributed by atoms with Gasteiger partial charge in [-0.15, -0.1) is 0 Å². The van der Waals surface area contributed by atoms with Gasteiger partial charge in [0, 0.05) is 19.3 Å². The van der Waals surface area contributed by atoms with Crippen molar-refractivity contribution in [2.75, 3.05) is 19.7 Å². The number of β-amino-alcohol motifs (C(OH)–C–C–N with tert-alkyl or cyclic N) is 1. The van der Waals surface area contributed by atoms with Crippen LogP contribution in [0.2, 0.25) is 0 Å². The van der Waals surface area contributed by atoms with Crippen molar-refractivity contribution in [1.29, 1.82) is 0 Å². The summed E-state index contributed by atoms with van der Waals surface area (Å²) in [6.45, 7) is 3.95. The number of aliphatic imine (C=N–C) groups is 1. The summed E-state index contributed by atoms with van der Waals surface area (Å²) >= 11 is 0. The van der Waals surface area contributed by atoms with Crippen molar-refractivity contribution >= 4 is 6.21 Å². The molecule has 0 aromatic rings. The Morgan fingerprint density at radius 2 is 2.40 bits per heavy atom. The second-order valence-electron chi connectivity index (χ2n) is 3.88. The first-order valence-electron chi connectivity index (χ1n) is 5.86. The fourth-order valence-corrected chi connectivity index (χ4v) is 1.87. The Morgan fingerprint density at radius 1 is 1.53 bits per heavy atom. The Bertz CT molecular complexity index is 214. The number of nitrogens with zero attached hydrogens (tertiary/aromatic N) is 2. The van der Waals surface area contributed by atoms with Gasteiger partial charge in [-0.25, -0.2) is 0 Å². The Morgan fingerprint density at radius 3 is 3.13 bits per heavy atom. The summed E-state index contributed by atoms with van der Waals surface area (Å²) in [5.41, 5.74) is 0. The van der Waals surface area contributed by atoms with Gasteiger partial charge in [-0.1, -0.05) is 12.2 Å². The molecule has 1 unspecified atom stereocenters. The molecule has 0 saturated heterocycles. The van der Waals surface area contributed by atoms with Crippen LogP contribution >= 0.6 is 0 Å². The van der Waals surface area contributed by atoms with Crippen LogP contribution in [0.3, 0.4) is 0 Å². The lowest BCUT2D eigenvalue weighted by molar-refractivity contribution is 0.176. The average molecular weight is 210 g/mol. The quantitative estimate of drug-likeness (QED) is 0.514. The largest absolute Gasteiger partial charge is 0.395 e. The van der Waals surface area contributed by atoms with Crippen molar-refractivity contribution in [3.8, 4) is 0 Å². The fraction of sp³-hybridized carbons (Fsp3) is 0.750. The highest BCUT2D eigenvalue weighted by atomic mass is 16.3. The summed E-state index contributed by atoms with van der Waals surface area (Å²) in [5.74, 6) is 0. The Kier molecular flexibility index (Phi) is 6.28. The van der Waals surface area contributed by atoms with Crippen molar-refractivity contribution in [3.05, 3.63) is 12.2 Å². The fourth-order valence-electron chi connectivity index (χ4n) is 1.87. The third-order valence-electron chi connectivity index (χ3n) is 2.72. The van der Waals surface area contributed by atoms with Gasteiger partial charge in [-0.05, 0) is 32.6 Å². The molecule has 86 valence electrons. The van der Waals surface area contributed by atoms with E-state index in [1.807, 2.05) is 6.21 Å². The molecule has 0 bridgehead atoms. The normalized spacial score (nSPS) is 21.9. The lowest BCUT2D eigenvalue weighted by Crippen LogP contribution is -2.32. The van der Waals surface area contributed by atoms with E-state index in [0.29, 0.717) is 6.17 Å². The molecule has 0 aromatic heterocycles. The first-order chi connectivity index (χ1) is 7.38. The summed E-state index contributed by atoms with van der Waals surface area (Å²) in [6, 6.07) is 0. The highest BCUT2D eigenvalue weighted by Crippen LogP contribution is 2.14. The topological polar surface area (TPSA) is 35.8 Å². The maximum atomic E-state index is 8.88. The summed E-state index contributed by atoms with van der Waals surface area (Å²) in [7, 11) is 0. The van der Waals surface area contributed by atoms with E-state index in [2.05, 4.69) is 29.0 Å². The molecule has 0 spiro atoms. The molecule has 15 heavy (non-hydrogen) atoms. The lowest BCUT2D eigenvalue weighted by atomic mass is 10.1. The van der Waals surface area contributed by atoms with Gasteiger partial charge in [0.1, 0.15) is 6.17 Å². The second kappa shape index (κ2) is 7.60. The van der Waals surface area contributed by atoms with E-state index in [1.54, 1.807) is 0 Å². The third kappa shape index (κ3) is 4.58. The zero-order valence-electron chi connectivity index (χ0n) is 9.60. The molecule has 3 heteroatoms. The van der Waals surface area contributed by atoms with Crippen LogP contribution < -0.4 is 0 Å². The first-order valence-corrected chi connectivity index (χ1v) is 5.86. The predicted molar refractivity (Wildman–Crippen MR) is 64.2 cm³/mol. The highest BCUT2D eigenvalue weighted by molar-refractivity contribution is 5.62. The minimum Gasteiger partial charge on any atom is -0.395 e. The Balaban J connectivity index is 2.11. The number of aliphatic hydroxyl groups excluding tert-OH is 1. The number of rotatable bonds is 7. The highest BCUT2D eigenvalue weighted by Gasteiger charge is 2.19. The van der Waals surface area contributed by atoms with E-state index in [4.69, 9.17) is 5.11 Å². The average Bonchev–Trinajstić information content (AvgIpc) is 2.66. The monoisotopic (exact) mass is 210 g/mol. The summed E-state index contributed by atoms with van der Waals surface area (Å²) in [4.78, 5) is 6.66. The molecule has 1 aliphatic rings. The van der Waals surface area contributed by atoms with E-state index in [9.17, 15) is 0 Å². The Hall–Kier alpha value is -0.670. The molecular weight excluding hydrogens is 188 g/mol. The first kappa shape index (κ1) is 12.4. The van der Waals surface area contributed by atoms with Crippen LogP contribution in [0.4, 0.5) is 0 Å². The maximum Gasteiger partial charge on any atom is 0.102 e. The van der Waals surface area contributed by atoms with Crippen LogP contribution in [-0.4, -0.2) is 42.1 Å². The molecular formula is C12H22N2O. The molecule has 1 N–H and O–H groups in total. The van der Waals surface area contributed by atoms with Crippen LogP contribution in [0.5, 0.6) is 0 Å². The number of hydrogen-bond donors (Lipinski definition) is 1. The van der Waals surface area contributed by atoms with E-state index >= 15 is 0 Å². The smallest absolute Gasteiger partial charge is 0.102 e. The zero-order chi connectivity index (χ0) is 10.9. The van der Waals surface area contributed by atoms with Gasteiger partial charge in [0.15, 0.2) is 0 Å². The van der Waals surface area contributed by atoms with Crippen LogP contribution in [0.25, 0.3) is 0 Å². The molecule has 0 saturated carbocycles. The van der Waals surface area contributed by atoms with E-state index in [1.165, 1.54) is 19.3 Å². The molecule has 1 rings (SSSR count). The van der Waals surface area contributed by atoms with Crippen molar-refractivity contribution in [3.63, 3.8) is 0 Å². The van der Waals surface area contributed by atoms with E-state index < -0.39 is 0 Å². The summed E-state index contributed by atoms with van der Waals surface area (Å²) in [5, 5.41) is 8.88. The molecule has 1 heterocycles. The number of unbranched alkanes of at least 4 members (excludes halogenated alkanes) is 2. The standard InChI is InChI=1S/C12H22N2O/c1-2-3-4-5-6-7-12-13-8-9-14(12)10-11-15/h2-3,8,12,15H,4-7,9-11H2,1H3/b3-2+. The van der Waals surface area contributed by atoms with Gasteiger partial charge in [0.2, 0.25) is 0 Å². The molecule has 1 atom stereocenters. The maximum absolute atomic E-state index is 8.88. The molecule has 0 radical (unpaired) electrons. The molecule has 0 aliphatic carbocycles. The van der Waals surface area contributed by atoms with Gasteiger partial charge in [-0.3, -0.25) is 9.89 Å². The third-order valence-corrected chi connectivity index (χ3v) is 2.72. The number of hydrogen-bond acceptors (Lipinski definition) is 3. The number of allylic oxidation sites excluding steroid dienone is 2. The van der Waals surface area contributed by atoms with E-state index in [0.717, 1.165) is 19.5 Å². The summed E-state index contributed by atoms with van der Waals surface area (Å²) in [6.07, 6.45) is 11.3. The number of aliphatic hydroxyl groups is 1. The van der Waals surface area contributed by atoms with Crippen LogP contribution in [0.1, 0.15) is 32.6 Å². The lowest BCUT2D eigenvalue weighted by Gasteiger charge is -2.21. The molecule has 0 amide bonds. The minimum atomic E-state index is 0.235. The van der Waals surface area contributed by atoms with Gasteiger partial charge in [-0.2, -0.15) is 0 Å². The Labute approximate surface area is 92.5 Å². The minimum absolute atomic E-state index is 0.235. The van der Waals surface area contributed by atoms with Crippen molar-refractivity contribution in [2.24, 2.45) is 4.99 Å². The molecule has 3 nitrogen and oxygen atoms in total. The van der Waals surface area contributed by atoms with Crippen molar-refractivity contribution in [1.82, 2.24) is 4.90 Å². The molecule has 0 fully saturated rings. The van der Waals surface area contributed by atoms with Gasteiger partial charge in [0.05, 0.1) is 6.61 Å². The van der Waals surface area contributed by atoms with Gasteiger partial charge in [0.25, 0.3) is 0 Å². The second-order valence-corrected chi connectivity index (χ2v) is 3.88. The zero-order valence-corrected chi connectivity index (χ0v) is 9.60.